The van der Waals surface area contributed by atoms with Crippen LogP contribution < -0.4 is 16.6 Å². The van der Waals surface area contributed by atoms with E-state index in [1.165, 1.54) is 0 Å². The van der Waals surface area contributed by atoms with Gasteiger partial charge in [-0.15, -0.1) is 0 Å². The van der Waals surface area contributed by atoms with Crippen molar-refractivity contribution in [1.29, 1.82) is 0 Å². The van der Waals surface area contributed by atoms with Crippen LogP contribution in [0, 0.1) is 12.8 Å². The molecule has 4 N–H and O–H groups in total. The first-order valence-electron chi connectivity index (χ1n) is 5.36. The Labute approximate surface area is 94.4 Å². The fourth-order valence-corrected chi connectivity index (χ4v) is 1.65. The first-order chi connectivity index (χ1) is 7.60. The van der Waals surface area contributed by atoms with Crippen LogP contribution in [0.25, 0.3) is 0 Å². The molecule has 2 atom stereocenters. The lowest BCUT2D eigenvalue weighted by Crippen LogP contribution is -2.27. The molecule has 1 aliphatic rings. The maximum atomic E-state index is 11.9. The summed E-state index contributed by atoms with van der Waals surface area (Å²) < 4.78 is 0. The van der Waals surface area contributed by atoms with E-state index in [4.69, 9.17) is 5.84 Å². The maximum absolute atomic E-state index is 11.9. The highest BCUT2D eigenvalue weighted by Gasteiger charge is 2.34. The van der Waals surface area contributed by atoms with Crippen LogP contribution in [0.3, 0.4) is 0 Å². The molecule has 0 aromatic carbocycles. The van der Waals surface area contributed by atoms with Gasteiger partial charge in [0, 0.05) is 17.3 Å². The third-order valence-electron chi connectivity index (χ3n) is 2.79. The molecule has 1 saturated carbocycles. The van der Waals surface area contributed by atoms with Gasteiger partial charge >= 0.3 is 0 Å². The van der Waals surface area contributed by atoms with E-state index >= 15 is 0 Å². The van der Waals surface area contributed by atoms with Crippen molar-refractivity contribution in [3.63, 3.8) is 0 Å². The number of nitrogens with one attached hydrogen (secondary N) is 2. The van der Waals surface area contributed by atoms with Crippen LogP contribution in [0.1, 0.15) is 29.4 Å². The molecular formula is C11H16N4O. The predicted octanol–water partition coefficient (Wildman–Crippen LogP) is 0.814. The molecule has 5 heteroatoms. The predicted molar refractivity (Wildman–Crippen MR) is 61.8 cm³/mol. The van der Waals surface area contributed by atoms with Gasteiger partial charge in [0.05, 0.1) is 0 Å². The number of hydrogen-bond donors (Lipinski definition) is 3. The highest BCUT2D eigenvalue weighted by molar-refractivity contribution is 5.95. The standard InChI is InChI=1S/C11H16N4O/c1-6-3-9(6)14-11(16)8-4-7(2)13-10(5-8)15-12/h4-6,9H,3,12H2,1-2H3,(H,13,15)(H,14,16). The van der Waals surface area contributed by atoms with E-state index in [2.05, 4.69) is 22.7 Å². The zero-order valence-electron chi connectivity index (χ0n) is 9.45. The molecule has 1 heterocycles. The third kappa shape index (κ3) is 2.30. The molecule has 1 fully saturated rings. The van der Waals surface area contributed by atoms with Crippen molar-refractivity contribution in [1.82, 2.24) is 10.3 Å². The average molecular weight is 220 g/mol. The molecule has 5 nitrogen and oxygen atoms in total. The lowest BCUT2D eigenvalue weighted by molar-refractivity contribution is 0.0949. The number of anilines is 1. The molecule has 16 heavy (non-hydrogen) atoms. The second-order valence-electron chi connectivity index (χ2n) is 4.32. The summed E-state index contributed by atoms with van der Waals surface area (Å²) in [6.45, 7) is 3.95. The zero-order valence-corrected chi connectivity index (χ0v) is 9.45. The Morgan fingerprint density at radius 1 is 1.56 bits per heavy atom. The van der Waals surface area contributed by atoms with Crippen molar-refractivity contribution in [2.24, 2.45) is 11.8 Å². The Hall–Kier alpha value is -1.62. The molecule has 1 aromatic rings. The molecule has 0 bridgehead atoms. The number of carbonyl (C=O) groups excluding carboxylic acids is 1. The molecule has 86 valence electrons. The number of carbonyl (C=O) groups is 1. The van der Waals surface area contributed by atoms with Gasteiger partial charge in [-0.3, -0.25) is 4.79 Å². The number of nitrogens with two attached hydrogens (primary N) is 1. The van der Waals surface area contributed by atoms with Crippen molar-refractivity contribution >= 4 is 11.7 Å². The second-order valence-corrected chi connectivity index (χ2v) is 4.32. The van der Waals surface area contributed by atoms with Crippen LogP contribution in [0.5, 0.6) is 0 Å². The lowest BCUT2D eigenvalue weighted by Gasteiger charge is -2.07. The highest BCUT2D eigenvalue weighted by atomic mass is 16.1. The van der Waals surface area contributed by atoms with Gasteiger partial charge in [-0.2, -0.15) is 0 Å². The fourth-order valence-electron chi connectivity index (χ4n) is 1.65. The second kappa shape index (κ2) is 4.09. The summed E-state index contributed by atoms with van der Waals surface area (Å²) in [6, 6.07) is 3.73. The summed E-state index contributed by atoms with van der Waals surface area (Å²) in [6.07, 6.45) is 1.07. The monoisotopic (exact) mass is 220 g/mol. The minimum atomic E-state index is -0.0589. The Morgan fingerprint density at radius 3 is 2.81 bits per heavy atom. The Bertz CT molecular complexity index is 418. The largest absolute Gasteiger partial charge is 0.349 e. The molecule has 2 unspecified atom stereocenters. The number of rotatable bonds is 3. The van der Waals surface area contributed by atoms with Gasteiger partial charge in [-0.05, 0) is 31.4 Å². The van der Waals surface area contributed by atoms with Crippen molar-refractivity contribution in [2.75, 3.05) is 5.43 Å². The molecule has 0 saturated heterocycles. The summed E-state index contributed by atoms with van der Waals surface area (Å²) in [7, 11) is 0. The van der Waals surface area contributed by atoms with Gasteiger partial charge in [0.1, 0.15) is 5.82 Å². The van der Waals surface area contributed by atoms with Crippen molar-refractivity contribution in [3.8, 4) is 0 Å². The smallest absolute Gasteiger partial charge is 0.251 e. The summed E-state index contributed by atoms with van der Waals surface area (Å²) in [5.41, 5.74) is 3.81. The van der Waals surface area contributed by atoms with Gasteiger partial charge in [0.25, 0.3) is 5.91 Å². The van der Waals surface area contributed by atoms with Crippen LogP contribution in [0.15, 0.2) is 12.1 Å². The highest BCUT2D eigenvalue weighted by Crippen LogP contribution is 2.29. The quantitative estimate of drug-likeness (QED) is 0.520. The summed E-state index contributed by atoms with van der Waals surface area (Å²) in [4.78, 5) is 16.0. The molecule has 0 spiro atoms. The molecule has 0 radical (unpaired) electrons. The Balaban J connectivity index is 2.12. The van der Waals surface area contributed by atoms with E-state index in [-0.39, 0.29) is 5.91 Å². The van der Waals surface area contributed by atoms with Crippen LogP contribution >= 0.6 is 0 Å². The van der Waals surface area contributed by atoms with Crippen molar-refractivity contribution < 1.29 is 4.79 Å². The summed E-state index contributed by atoms with van der Waals surface area (Å²) in [5, 5.41) is 2.96. The SMILES string of the molecule is Cc1cc(C(=O)NC2CC2C)cc(NN)n1. The van der Waals surface area contributed by atoms with Crippen LogP contribution in [-0.4, -0.2) is 16.9 Å². The molecule has 1 amide bonds. The van der Waals surface area contributed by atoms with E-state index < -0.39 is 0 Å². The van der Waals surface area contributed by atoms with Crippen LogP contribution in [-0.2, 0) is 0 Å². The number of hydrazine groups is 1. The summed E-state index contributed by atoms with van der Waals surface area (Å²) in [5.74, 6) is 6.32. The molecular weight excluding hydrogens is 204 g/mol. The Morgan fingerprint density at radius 2 is 2.25 bits per heavy atom. The van der Waals surface area contributed by atoms with E-state index in [0.29, 0.717) is 23.3 Å². The first kappa shape index (κ1) is 10.9. The number of aryl methyl sites for hydroxylation is 1. The Kier molecular flexibility index (Phi) is 2.78. The number of nitrogen functional groups attached to an aromatic ring is 1. The third-order valence-corrected chi connectivity index (χ3v) is 2.79. The zero-order chi connectivity index (χ0) is 11.7. The summed E-state index contributed by atoms with van der Waals surface area (Å²) >= 11 is 0. The first-order valence-corrected chi connectivity index (χ1v) is 5.36. The van der Waals surface area contributed by atoms with Gasteiger partial charge in [0.15, 0.2) is 0 Å². The minimum absolute atomic E-state index is 0.0589. The number of aromatic nitrogens is 1. The molecule has 1 aromatic heterocycles. The van der Waals surface area contributed by atoms with E-state index in [1.54, 1.807) is 12.1 Å². The molecule has 1 aliphatic carbocycles. The van der Waals surface area contributed by atoms with Crippen molar-refractivity contribution in [3.05, 3.63) is 23.4 Å². The van der Waals surface area contributed by atoms with Crippen LogP contribution in [0.2, 0.25) is 0 Å². The average Bonchev–Trinajstić information content (AvgIpc) is 2.93. The molecule has 2 rings (SSSR count). The number of pyridine rings is 1. The topological polar surface area (TPSA) is 80.0 Å². The van der Waals surface area contributed by atoms with Gasteiger partial charge in [-0.25, -0.2) is 10.8 Å². The minimum Gasteiger partial charge on any atom is -0.349 e. The number of hydrogen-bond acceptors (Lipinski definition) is 4. The lowest BCUT2D eigenvalue weighted by atomic mass is 10.2. The van der Waals surface area contributed by atoms with E-state index in [1.807, 2.05) is 6.92 Å². The normalized spacial score (nSPS) is 22.7. The fraction of sp³-hybridized carbons (Fsp3) is 0.455. The number of nitrogens with zero attached hydrogens (tertiary/aromatic N) is 1. The van der Waals surface area contributed by atoms with E-state index in [0.717, 1.165) is 12.1 Å². The van der Waals surface area contributed by atoms with Gasteiger partial charge < -0.3 is 10.7 Å². The van der Waals surface area contributed by atoms with E-state index in [9.17, 15) is 4.79 Å². The van der Waals surface area contributed by atoms with Crippen molar-refractivity contribution in [2.45, 2.75) is 26.3 Å². The number of amides is 1. The van der Waals surface area contributed by atoms with Crippen LogP contribution in [0.4, 0.5) is 5.82 Å². The molecule has 0 aliphatic heterocycles. The van der Waals surface area contributed by atoms with Gasteiger partial charge in [-0.1, -0.05) is 6.92 Å². The van der Waals surface area contributed by atoms with Gasteiger partial charge in [0.2, 0.25) is 0 Å². The maximum Gasteiger partial charge on any atom is 0.251 e.